The molecule has 1 fully saturated rings. The molecule has 26 heavy (non-hydrogen) atoms. The molecule has 0 aromatic heterocycles. The number of amides is 1. The second-order valence-electron chi connectivity index (χ2n) is 6.47. The first-order valence-electron chi connectivity index (χ1n) is 8.70. The lowest BCUT2D eigenvalue weighted by molar-refractivity contribution is -0.138. The third-order valence-corrected chi connectivity index (χ3v) is 4.84. The molecule has 138 valence electrons. The van der Waals surface area contributed by atoms with Gasteiger partial charge in [0.15, 0.2) is 6.10 Å². The number of ether oxygens (including phenoxy) is 1. The fourth-order valence-electron chi connectivity index (χ4n) is 3.14. The molecule has 1 heterocycles. The molecule has 0 saturated carbocycles. The number of phenols is 1. The standard InChI is InChI=1S/C20H23ClN2O3/c1-14-13-16(21)7-8-19(14)26-15(2)20(25)23-11-9-22(10-12-23)17-5-3-4-6-18(17)24/h3-8,13,15,24H,9-12H2,1-2H3. The Bertz CT molecular complexity index is 788. The lowest BCUT2D eigenvalue weighted by Gasteiger charge is -2.37. The SMILES string of the molecule is Cc1cc(Cl)ccc1OC(C)C(=O)N1CCN(c2ccccc2O)CC1. The lowest BCUT2D eigenvalue weighted by atomic mass is 10.2. The maximum atomic E-state index is 12.7. The Balaban J connectivity index is 1.58. The van der Waals surface area contributed by atoms with Crippen LogP contribution in [0.25, 0.3) is 0 Å². The van der Waals surface area contributed by atoms with Gasteiger partial charge in [0.25, 0.3) is 5.91 Å². The minimum absolute atomic E-state index is 0.0312. The molecular formula is C20H23ClN2O3. The van der Waals surface area contributed by atoms with E-state index in [2.05, 4.69) is 4.90 Å². The van der Waals surface area contributed by atoms with Crippen LogP contribution in [0.5, 0.6) is 11.5 Å². The van der Waals surface area contributed by atoms with Crippen LogP contribution in [0.4, 0.5) is 5.69 Å². The summed E-state index contributed by atoms with van der Waals surface area (Å²) in [5.41, 5.74) is 1.71. The van der Waals surface area contributed by atoms with E-state index >= 15 is 0 Å². The van der Waals surface area contributed by atoms with Crippen LogP contribution in [0.1, 0.15) is 12.5 Å². The smallest absolute Gasteiger partial charge is 0.263 e. The molecule has 1 atom stereocenters. The first kappa shape index (κ1) is 18.4. The van der Waals surface area contributed by atoms with Crippen molar-refractivity contribution in [2.45, 2.75) is 20.0 Å². The van der Waals surface area contributed by atoms with E-state index in [4.69, 9.17) is 16.3 Å². The molecule has 3 rings (SSSR count). The van der Waals surface area contributed by atoms with E-state index in [1.54, 1.807) is 31.2 Å². The number of hydrogen-bond acceptors (Lipinski definition) is 4. The number of phenolic OH excluding ortho intramolecular Hbond substituents is 1. The topological polar surface area (TPSA) is 53.0 Å². The summed E-state index contributed by atoms with van der Waals surface area (Å²) in [7, 11) is 0. The second-order valence-corrected chi connectivity index (χ2v) is 6.91. The van der Waals surface area contributed by atoms with Gasteiger partial charge in [-0.25, -0.2) is 0 Å². The fourth-order valence-corrected chi connectivity index (χ4v) is 3.37. The summed E-state index contributed by atoms with van der Waals surface area (Å²) in [6.45, 7) is 6.22. The number of benzene rings is 2. The normalized spacial score (nSPS) is 15.7. The molecule has 0 bridgehead atoms. The van der Waals surface area contributed by atoms with Gasteiger partial charge in [-0.2, -0.15) is 0 Å². The van der Waals surface area contributed by atoms with E-state index in [0.717, 1.165) is 11.3 Å². The number of aromatic hydroxyl groups is 1. The van der Waals surface area contributed by atoms with Gasteiger partial charge < -0.3 is 19.6 Å². The Kier molecular flexibility index (Phi) is 5.57. The van der Waals surface area contributed by atoms with Crippen LogP contribution in [0, 0.1) is 6.92 Å². The van der Waals surface area contributed by atoms with E-state index in [1.807, 2.05) is 30.0 Å². The highest BCUT2D eigenvalue weighted by Gasteiger charge is 2.27. The van der Waals surface area contributed by atoms with Crippen molar-refractivity contribution in [1.82, 2.24) is 4.90 Å². The van der Waals surface area contributed by atoms with Crippen molar-refractivity contribution in [2.75, 3.05) is 31.1 Å². The number of hydrogen-bond donors (Lipinski definition) is 1. The highest BCUT2D eigenvalue weighted by atomic mass is 35.5. The number of halogens is 1. The summed E-state index contributed by atoms with van der Waals surface area (Å²) < 4.78 is 5.84. The van der Waals surface area contributed by atoms with Crippen molar-refractivity contribution in [3.63, 3.8) is 0 Å². The molecule has 1 aliphatic rings. The van der Waals surface area contributed by atoms with E-state index in [9.17, 15) is 9.90 Å². The molecule has 1 saturated heterocycles. The van der Waals surface area contributed by atoms with E-state index in [-0.39, 0.29) is 11.7 Å². The molecule has 1 unspecified atom stereocenters. The average molecular weight is 375 g/mol. The first-order valence-corrected chi connectivity index (χ1v) is 9.08. The van der Waals surface area contributed by atoms with Crippen molar-refractivity contribution < 1.29 is 14.6 Å². The van der Waals surface area contributed by atoms with Gasteiger partial charge in [0.1, 0.15) is 11.5 Å². The van der Waals surface area contributed by atoms with Gasteiger partial charge in [-0.1, -0.05) is 23.7 Å². The summed E-state index contributed by atoms with van der Waals surface area (Å²) in [5.74, 6) is 0.904. The first-order chi connectivity index (χ1) is 12.5. The third-order valence-electron chi connectivity index (χ3n) is 4.60. The highest BCUT2D eigenvalue weighted by Crippen LogP contribution is 2.27. The van der Waals surface area contributed by atoms with Crippen LogP contribution in [-0.2, 0) is 4.79 Å². The predicted molar refractivity (Wildman–Crippen MR) is 103 cm³/mol. The van der Waals surface area contributed by atoms with Crippen molar-refractivity contribution in [2.24, 2.45) is 0 Å². The van der Waals surface area contributed by atoms with Crippen LogP contribution in [0.3, 0.4) is 0 Å². The Hall–Kier alpha value is -2.40. The molecule has 0 radical (unpaired) electrons. The highest BCUT2D eigenvalue weighted by molar-refractivity contribution is 6.30. The molecule has 5 nitrogen and oxygen atoms in total. The molecule has 1 N–H and O–H groups in total. The minimum Gasteiger partial charge on any atom is -0.506 e. The maximum absolute atomic E-state index is 12.7. The van der Waals surface area contributed by atoms with Crippen molar-refractivity contribution in [3.05, 3.63) is 53.1 Å². The molecule has 0 aliphatic carbocycles. The second kappa shape index (κ2) is 7.87. The van der Waals surface area contributed by atoms with Crippen molar-refractivity contribution in [3.8, 4) is 11.5 Å². The molecule has 1 aliphatic heterocycles. The Morgan fingerprint density at radius 2 is 1.85 bits per heavy atom. The number of carbonyl (C=O) groups is 1. The Labute approximate surface area is 158 Å². The van der Waals surface area contributed by atoms with Gasteiger partial charge >= 0.3 is 0 Å². The van der Waals surface area contributed by atoms with Gasteiger partial charge in [-0.15, -0.1) is 0 Å². The van der Waals surface area contributed by atoms with Gasteiger partial charge in [0, 0.05) is 31.2 Å². The molecular weight excluding hydrogens is 352 g/mol. The van der Waals surface area contributed by atoms with Gasteiger partial charge in [-0.05, 0) is 49.7 Å². The zero-order valence-corrected chi connectivity index (χ0v) is 15.7. The summed E-state index contributed by atoms with van der Waals surface area (Å²) in [5, 5.41) is 10.6. The molecule has 1 amide bonds. The quantitative estimate of drug-likeness (QED) is 0.890. The number of rotatable bonds is 4. The number of para-hydroxylation sites is 2. The number of aryl methyl sites for hydroxylation is 1. The summed E-state index contributed by atoms with van der Waals surface area (Å²) in [4.78, 5) is 16.6. The Morgan fingerprint density at radius 1 is 1.15 bits per heavy atom. The van der Waals surface area contributed by atoms with Crippen LogP contribution in [-0.4, -0.2) is 48.2 Å². The van der Waals surface area contributed by atoms with E-state index < -0.39 is 6.10 Å². The third kappa shape index (κ3) is 4.05. The Morgan fingerprint density at radius 3 is 2.50 bits per heavy atom. The maximum Gasteiger partial charge on any atom is 0.263 e. The van der Waals surface area contributed by atoms with Gasteiger partial charge in [0.2, 0.25) is 0 Å². The molecule has 2 aromatic rings. The molecule has 6 heteroatoms. The van der Waals surface area contributed by atoms with E-state index in [1.165, 1.54) is 0 Å². The van der Waals surface area contributed by atoms with Crippen LogP contribution in [0.2, 0.25) is 5.02 Å². The molecule has 0 spiro atoms. The molecule has 2 aromatic carbocycles. The van der Waals surface area contributed by atoms with Crippen LogP contribution in [0.15, 0.2) is 42.5 Å². The number of carbonyl (C=O) groups excluding carboxylic acids is 1. The largest absolute Gasteiger partial charge is 0.506 e. The minimum atomic E-state index is -0.563. The predicted octanol–water partition coefficient (Wildman–Crippen LogP) is 3.47. The zero-order chi connectivity index (χ0) is 18.7. The number of piperazine rings is 1. The number of anilines is 1. The average Bonchev–Trinajstić information content (AvgIpc) is 2.64. The van der Waals surface area contributed by atoms with E-state index in [0.29, 0.717) is 37.0 Å². The van der Waals surface area contributed by atoms with Crippen molar-refractivity contribution in [1.29, 1.82) is 0 Å². The van der Waals surface area contributed by atoms with Gasteiger partial charge in [-0.3, -0.25) is 4.79 Å². The van der Waals surface area contributed by atoms with Crippen LogP contribution < -0.4 is 9.64 Å². The zero-order valence-electron chi connectivity index (χ0n) is 15.0. The van der Waals surface area contributed by atoms with Crippen LogP contribution >= 0.6 is 11.6 Å². The van der Waals surface area contributed by atoms with Gasteiger partial charge in [0.05, 0.1) is 5.69 Å². The van der Waals surface area contributed by atoms with Crippen molar-refractivity contribution >= 4 is 23.2 Å². The summed E-state index contributed by atoms with van der Waals surface area (Å²) >= 11 is 5.96. The number of nitrogens with zero attached hydrogens (tertiary/aromatic N) is 2. The monoisotopic (exact) mass is 374 g/mol. The summed E-state index contributed by atoms with van der Waals surface area (Å²) in [6, 6.07) is 12.6. The summed E-state index contributed by atoms with van der Waals surface area (Å²) in [6.07, 6.45) is -0.563. The lowest BCUT2D eigenvalue weighted by Crippen LogP contribution is -2.52. The fraction of sp³-hybridized carbons (Fsp3) is 0.350.